The summed E-state index contributed by atoms with van der Waals surface area (Å²) in [7, 11) is 4.72. The minimum Gasteiger partial charge on any atom is -0.493 e. The maximum Gasteiger partial charge on any atom is 0.226 e. The second-order valence-electron chi connectivity index (χ2n) is 7.32. The number of rotatable bonds is 10. The lowest BCUT2D eigenvalue weighted by atomic mass is 9.99. The molecule has 170 valence electrons. The van der Waals surface area contributed by atoms with Crippen molar-refractivity contribution in [1.82, 2.24) is 4.98 Å². The highest BCUT2D eigenvalue weighted by molar-refractivity contribution is 7.14. The first kappa shape index (κ1) is 23.6. The highest BCUT2D eigenvalue weighted by Gasteiger charge is 2.15. The molecule has 32 heavy (non-hydrogen) atoms. The van der Waals surface area contributed by atoms with E-state index in [4.69, 9.17) is 14.2 Å². The third-order valence-electron chi connectivity index (χ3n) is 5.36. The average Bonchev–Trinajstić information content (AvgIpc) is 3.29. The molecule has 0 saturated heterocycles. The van der Waals surface area contributed by atoms with Crippen LogP contribution in [0.1, 0.15) is 37.0 Å². The number of ether oxygens (including phenoxy) is 3. The molecule has 0 saturated carbocycles. The summed E-state index contributed by atoms with van der Waals surface area (Å²) in [4.78, 5) is 17.2. The van der Waals surface area contributed by atoms with E-state index in [1.54, 1.807) is 21.3 Å². The maximum atomic E-state index is 12.6. The summed E-state index contributed by atoms with van der Waals surface area (Å²) in [5.41, 5.74) is 5.51. The fraction of sp³-hybridized carbons (Fsp3) is 0.360. The second kappa shape index (κ2) is 11.0. The summed E-state index contributed by atoms with van der Waals surface area (Å²) >= 11 is 1.44. The van der Waals surface area contributed by atoms with Gasteiger partial charge >= 0.3 is 0 Å². The fourth-order valence-corrected chi connectivity index (χ4v) is 4.29. The molecule has 0 radical (unpaired) electrons. The van der Waals surface area contributed by atoms with Gasteiger partial charge in [-0.1, -0.05) is 26.0 Å². The molecule has 3 aromatic rings. The van der Waals surface area contributed by atoms with Crippen molar-refractivity contribution in [3.63, 3.8) is 0 Å². The van der Waals surface area contributed by atoms with Crippen LogP contribution in [-0.2, 0) is 24.1 Å². The Balaban J connectivity index is 1.68. The van der Waals surface area contributed by atoms with Gasteiger partial charge in [0, 0.05) is 17.4 Å². The standard InChI is InChI=1S/C25H30N2O4S/c1-6-16-8-10-18(7-2)19(12-16)20-15-32-25(26-20)27-23(28)11-9-17-13-21(29-3)24(31-5)22(14-17)30-4/h8,10,12-15H,6-7,9,11H2,1-5H3,(H,26,27,28). The average molecular weight is 455 g/mol. The van der Waals surface area contributed by atoms with Crippen molar-refractivity contribution < 1.29 is 19.0 Å². The highest BCUT2D eigenvalue weighted by Crippen LogP contribution is 2.38. The third kappa shape index (κ3) is 5.40. The number of aryl methyl sites for hydroxylation is 3. The highest BCUT2D eigenvalue weighted by atomic mass is 32.1. The molecular weight excluding hydrogens is 424 g/mol. The zero-order valence-corrected chi connectivity index (χ0v) is 20.1. The van der Waals surface area contributed by atoms with Gasteiger partial charge in [0.2, 0.25) is 11.7 Å². The van der Waals surface area contributed by atoms with Crippen LogP contribution in [0.15, 0.2) is 35.7 Å². The van der Waals surface area contributed by atoms with Crippen molar-refractivity contribution in [3.8, 4) is 28.5 Å². The molecule has 1 aromatic heterocycles. The van der Waals surface area contributed by atoms with Gasteiger partial charge in [0.15, 0.2) is 16.6 Å². The van der Waals surface area contributed by atoms with Gasteiger partial charge in [0.1, 0.15) is 0 Å². The maximum absolute atomic E-state index is 12.6. The number of nitrogens with zero attached hydrogens (tertiary/aromatic N) is 1. The number of hydrogen-bond donors (Lipinski definition) is 1. The first-order valence-corrected chi connectivity index (χ1v) is 11.6. The molecule has 3 rings (SSSR count). The molecule has 1 amide bonds. The van der Waals surface area contributed by atoms with Gasteiger partial charge in [0.25, 0.3) is 0 Å². The molecule has 2 aromatic carbocycles. The van der Waals surface area contributed by atoms with E-state index in [-0.39, 0.29) is 5.91 Å². The molecule has 0 atom stereocenters. The smallest absolute Gasteiger partial charge is 0.226 e. The lowest BCUT2D eigenvalue weighted by Gasteiger charge is -2.14. The van der Waals surface area contributed by atoms with Crippen molar-refractivity contribution >= 4 is 22.4 Å². The van der Waals surface area contributed by atoms with Gasteiger partial charge in [-0.15, -0.1) is 11.3 Å². The van der Waals surface area contributed by atoms with Crippen molar-refractivity contribution in [3.05, 3.63) is 52.4 Å². The molecule has 0 fully saturated rings. The number of hydrogen-bond acceptors (Lipinski definition) is 6. The van der Waals surface area contributed by atoms with Crippen LogP contribution in [0.25, 0.3) is 11.3 Å². The normalized spacial score (nSPS) is 10.7. The quantitative estimate of drug-likeness (QED) is 0.436. The molecule has 0 aliphatic rings. The first-order valence-electron chi connectivity index (χ1n) is 10.7. The molecule has 6 nitrogen and oxygen atoms in total. The Morgan fingerprint density at radius 1 is 0.969 bits per heavy atom. The zero-order valence-electron chi connectivity index (χ0n) is 19.3. The summed E-state index contributed by atoms with van der Waals surface area (Å²) in [5.74, 6) is 1.61. The van der Waals surface area contributed by atoms with Crippen LogP contribution in [0.3, 0.4) is 0 Å². The predicted molar refractivity (Wildman–Crippen MR) is 129 cm³/mol. The molecule has 0 bridgehead atoms. The van der Waals surface area contributed by atoms with Gasteiger partial charge in [-0.25, -0.2) is 4.98 Å². The van der Waals surface area contributed by atoms with Crippen LogP contribution < -0.4 is 19.5 Å². The van der Waals surface area contributed by atoms with Crippen molar-refractivity contribution in [2.75, 3.05) is 26.6 Å². The predicted octanol–water partition coefficient (Wildman–Crippen LogP) is 5.53. The van der Waals surface area contributed by atoms with Gasteiger partial charge in [-0.05, 0) is 54.2 Å². The summed E-state index contributed by atoms with van der Waals surface area (Å²) in [6.07, 6.45) is 2.78. The van der Waals surface area contributed by atoms with Crippen LogP contribution in [0.2, 0.25) is 0 Å². The molecular formula is C25H30N2O4S. The monoisotopic (exact) mass is 454 g/mol. The molecule has 1 N–H and O–H groups in total. The van der Waals surface area contributed by atoms with Crippen LogP contribution in [0.5, 0.6) is 17.2 Å². The summed E-state index contributed by atoms with van der Waals surface area (Å²) in [6.45, 7) is 4.29. The van der Waals surface area contributed by atoms with E-state index in [1.807, 2.05) is 17.5 Å². The van der Waals surface area contributed by atoms with Crippen molar-refractivity contribution in [2.45, 2.75) is 39.5 Å². The zero-order chi connectivity index (χ0) is 23.1. The minimum absolute atomic E-state index is 0.0855. The van der Waals surface area contributed by atoms with E-state index < -0.39 is 0 Å². The fourth-order valence-electron chi connectivity index (χ4n) is 3.56. The number of nitrogens with one attached hydrogen (secondary N) is 1. The molecule has 0 spiro atoms. The van der Waals surface area contributed by atoms with E-state index in [0.29, 0.717) is 35.2 Å². The third-order valence-corrected chi connectivity index (χ3v) is 6.11. The number of benzene rings is 2. The van der Waals surface area contributed by atoms with Crippen LogP contribution in [0.4, 0.5) is 5.13 Å². The van der Waals surface area contributed by atoms with E-state index in [1.165, 1.54) is 22.5 Å². The number of thiazole rings is 1. The van der Waals surface area contributed by atoms with Gasteiger partial charge in [-0.3, -0.25) is 4.79 Å². The Labute approximate surface area is 193 Å². The summed E-state index contributed by atoms with van der Waals surface area (Å²) < 4.78 is 16.1. The number of aromatic nitrogens is 1. The Kier molecular flexibility index (Phi) is 8.11. The number of anilines is 1. The van der Waals surface area contributed by atoms with Gasteiger partial charge < -0.3 is 19.5 Å². The van der Waals surface area contributed by atoms with E-state index >= 15 is 0 Å². The van der Waals surface area contributed by atoms with E-state index in [9.17, 15) is 4.79 Å². The summed E-state index contributed by atoms with van der Waals surface area (Å²) in [6, 6.07) is 10.3. The topological polar surface area (TPSA) is 69.7 Å². The Hall–Kier alpha value is -3.06. The minimum atomic E-state index is -0.0855. The van der Waals surface area contributed by atoms with Gasteiger partial charge in [-0.2, -0.15) is 0 Å². The number of methoxy groups -OCH3 is 3. The Morgan fingerprint density at radius 3 is 2.28 bits per heavy atom. The molecule has 1 heterocycles. The van der Waals surface area contributed by atoms with Crippen LogP contribution >= 0.6 is 11.3 Å². The van der Waals surface area contributed by atoms with Crippen molar-refractivity contribution in [2.24, 2.45) is 0 Å². The van der Waals surface area contributed by atoms with Crippen LogP contribution in [-0.4, -0.2) is 32.2 Å². The van der Waals surface area contributed by atoms with E-state index in [0.717, 1.165) is 29.7 Å². The Bertz CT molecular complexity index is 1050. The molecule has 0 unspecified atom stereocenters. The number of carbonyl (C=O) groups excluding carboxylic acids is 1. The molecule has 0 aliphatic carbocycles. The molecule has 0 aliphatic heterocycles. The second-order valence-corrected chi connectivity index (χ2v) is 8.18. The lowest BCUT2D eigenvalue weighted by molar-refractivity contribution is -0.116. The largest absolute Gasteiger partial charge is 0.493 e. The lowest BCUT2D eigenvalue weighted by Crippen LogP contribution is -2.12. The van der Waals surface area contributed by atoms with Crippen LogP contribution in [0, 0.1) is 0 Å². The first-order chi connectivity index (χ1) is 15.5. The SMILES string of the molecule is CCc1ccc(CC)c(-c2csc(NC(=O)CCc3cc(OC)c(OC)c(OC)c3)n2)c1. The Morgan fingerprint density at radius 2 is 1.69 bits per heavy atom. The van der Waals surface area contributed by atoms with Crippen molar-refractivity contribution in [1.29, 1.82) is 0 Å². The van der Waals surface area contributed by atoms with Gasteiger partial charge in [0.05, 0.1) is 27.0 Å². The number of carbonyl (C=O) groups is 1. The molecule has 7 heteroatoms. The number of amides is 1. The summed E-state index contributed by atoms with van der Waals surface area (Å²) in [5, 5.41) is 5.54. The van der Waals surface area contributed by atoms with E-state index in [2.05, 4.69) is 42.3 Å².